The molecule has 0 amide bonds. The van der Waals surface area contributed by atoms with Gasteiger partial charge in [0.05, 0.1) is 11.1 Å². The molecule has 1 unspecified atom stereocenters. The zero-order chi connectivity index (χ0) is 14.7. The summed E-state index contributed by atoms with van der Waals surface area (Å²) in [6.45, 7) is 3.55. The summed E-state index contributed by atoms with van der Waals surface area (Å²) in [4.78, 5) is 22.4. The van der Waals surface area contributed by atoms with Crippen molar-refractivity contribution in [3.63, 3.8) is 0 Å². The first-order valence-electron chi connectivity index (χ1n) is 5.89. The van der Waals surface area contributed by atoms with Crippen molar-refractivity contribution in [1.29, 1.82) is 0 Å². The standard InChI is InChI=1S/C11H14N6O3/c1-6-4-13-11(20-6)7(2)16-10-8(17(18)19)9(12-3)14-5-15-10/h4-5,7H,1-3H3,(H2,12,14,15,16). The molecule has 0 fully saturated rings. The first kappa shape index (κ1) is 13.7. The Morgan fingerprint density at radius 2 is 2.05 bits per heavy atom. The van der Waals surface area contributed by atoms with Gasteiger partial charge in [-0.25, -0.2) is 15.0 Å². The number of aromatic nitrogens is 3. The van der Waals surface area contributed by atoms with Gasteiger partial charge in [-0.15, -0.1) is 0 Å². The SMILES string of the molecule is CNc1ncnc(NC(C)c2ncc(C)o2)c1[N+](=O)[O-]. The fraction of sp³-hybridized carbons (Fsp3) is 0.364. The Balaban J connectivity index is 2.31. The molecule has 2 aromatic heterocycles. The molecule has 2 aromatic rings. The highest BCUT2D eigenvalue weighted by molar-refractivity contribution is 5.69. The van der Waals surface area contributed by atoms with E-state index in [1.165, 1.54) is 6.33 Å². The number of anilines is 2. The van der Waals surface area contributed by atoms with Crippen LogP contribution < -0.4 is 10.6 Å². The molecule has 0 aliphatic heterocycles. The van der Waals surface area contributed by atoms with E-state index < -0.39 is 4.92 Å². The maximum absolute atomic E-state index is 11.1. The summed E-state index contributed by atoms with van der Waals surface area (Å²) in [5.41, 5.74) is -0.217. The summed E-state index contributed by atoms with van der Waals surface area (Å²) in [6.07, 6.45) is 2.83. The Labute approximate surface area is 114 Å². The summed E-state index contributed by atoms with van der Waals surface area (Å²) >= 11 is 0. The van der Waals surface area contributed by atoms with Crippen LogP contribution in [-0.4, -0.2) is 26.9 Å². The Bertz CT molecular complexity index is 626. The lowest BCUT2D eigenvalue weighted by atomic mass is 10.3. The predicted octanol–water partition coefficient (Wildman–Crippen LogP) is 1.90. The number of rotatable bonds is 5. The van der Waals surface area contributed by atoms with E-state index in [1.54, 1.807) is 27.1 Å². The Morgan fingerprint density at radius 1 is 1.35 bits per heavy atom. The third kappa shape index (κ3) is 2.66. The van der Waals surface area contributed by atoms with E-state index in [1.807, 2.05) is 0 Å². The van der Waals surface area contributed by atoms with Gasteiger partial charge < -0.3 is 15.1 Å². The minimum absolute atomic E-state index is 0.109. The highest BCUT2D eigenvalue weighted by Crippen LogP contribution is 2.30. The topological polar surface area (TPSA) is 119 Å². The van der Waals surface area contributed by atoms with E-state index >= 15 is 0 Å². The molecule has 0 radical (unpaired) electrons. The van der Waals surface area contributed by atoms with Gasteiger partial charge in [0.1, 0.15) is 18.1 Å². The van der Waals surface area contributed by atoms with Gasteiger partial charge in [-0.05, 0) is 13.8 Å². The highest BCUT2D eigenvalue weighted by Gasteiger charge is 2.24. The van der Waals surface area contributed by atoms with Crippen LogP contribution in [-0.2, 0) is 0 Å². The summed E-state index contributed by atoms with van der Waals surface area (Å²) in [7, 11) is 1.56. The lowest BCUT2D eigenvalue weighted by Crippen LogP contribution is -2.12. The molecular formula is C11H14N6O3. The van der Waals surface area contributed by atoms with Gasteiger partial charge in [0.2, 0.25) is 17.5 Å². The maximum atomic E-state index is 11.1. The molecule has 2 rings (SSSR count). The smallest absolute Gasteiger partial charge is 0.353 e. The van der Waals surface area contributed by atoms with E-state index in [-0.39, 0.29) is 23.4 Å². The molecule has 2 heterocycles. The van der Waals surface area contributed by atoms with Crippen molar-refractivity contribution >= 4 is 17.3 Å². The molecule has 1 atom stereocenters. The maximum Gasteiger partial charge on any atom is 0.353 e. The van der Waals surface area contributed by atoms with Crippen LogP contribution in [0.3, 0.4) is 0 Å². The van der Waals surface area contributed by atoms with Gasteiger partial charge >= 0.3 is 5.69 Å². The third-order valence-corrected chi connectivity index (χ3v) is 2.60. The molecular weight excluding hydrogens is 264 g/mol. The van der Waals surface area contributed by atoms with E-state index in [0.29, 0.717) is 11.7 Å². The third-order valence-electron chi connectivity index (χ3n) is 2.60. The normalized spacial score (nSPS) is 11.9. The molecule has 9 nitrogen and oxygen atoms in total. The molecule has 9 heteroatoms. The Morgan fingerprint density at radius 3 is 2.60 bits per heavy atom. The number of nitrogens with zero attached hydrogens (tertiary/aromatic N) is 4. The molecule has 0 aromatic carbocycles. The van der Waals surface area contributed by atoms with Gasteiger partial charge in [-0.1, -0.05) is 0 Å². The number of hydrogen-bond acceptors (Lipinski definition) is 8. The molecule has 0 spiro atoms. The second kappa shape index (κ2) is 5.51. The Hall–Kier alpha value is -2.71. The molecule has 106 valence electrons. The van der Waals surface area contributed by atoms with Gasteiger partial charge in [-0.2, -0.15) is 0 Å². The van der Waals surface area contributed by atoms with Crippen LogP contribution >= 0.6 is 0 Å². The van der Waals surface area contributed by atoms with E-state index in [9.17, 15) is 10.1 Å². The van der Waals surface area contributed by atoms with Crippen molar-refractivity contribution in [1.82, 2.24) is 15.0 Å². The predicted molar refractivity (Wildman–Crippen MR) is 71.5 cm³/mol. The quantitative estimate of drug-likeness (QED) is 0.628. The van der Waals surface area contributed by atoms with Gasteiger partial charge in [0, 0.05) is 7.05 Å². The fourth-order valence-electron chi connectivity index (χ4n) is 1.68. The lowest BCUT2D eigenvalue weighted by molar-refractivity contribution is -0.383. The molecule has 0 saturated heterocycles. The van der Waals surface area contributed by atoms with Crippen LogP contribution in [0.4, 0.5) is 17.3 Å². The number of aryl methyl sites for hydroxylation is 1. The molecule has 0 saturated carbocycles. The van der Waals surface area contributed by atoms with E-state index in [4.69, 9.17) is 4.42 Å². The van der Waals surface area contributed by atoms with Crippen LogP contribution in [0.25, 0.3) is 0 Å². The highest BCUT2D eigenvalue weighted by atomic mass is 16.6. The second-order valence-electron chi connectivity index (χ2n) is 4.10. The van der Waals surface area contributed by atoms with E-state index in [0.717, 1.165) is 0 Å². The minimum atomic E-state index is -0.540. The second-order valence-corrected chi connectivity index (χ2v) is 4.10. The Kier molecular flexibility index (Phi) is 3.78. The van der Waals surface area contributed by atoms with Crippen LogP contribution in [0.15, 0.2) is 16.9 Å². The number of nitro groups is 1. The van der Waals surface area contributed by atoms with E-state index in [2.05, 4.69) is 25.6 Å². The van der Waals surface area contributed by atoms with Gasteiger partial charge in [0.25, 0.3) is 0 Å². The number of nitrogens with one attached hydrogen (secondary N) is 2. The molecule has 0 aliphatic rings. The van der Waals surface area contributed by atoms with Crippen molar-refractivity contribution in [2.24, 2.45) is 0 Å². The average molecular weight is 278 g/mol. The molecule has 2 N–H and O–H groups in total. The van der Waals surface area contributed by atoms with Crippen molar-refractivity contribution in [3.05, 3.63) is 34.3 Å². The number of hydrogen-bond donors (Lipinski definition) is 2. The average Bonchev–Trinajstić information content (AvgIpc) is 2.84. The van der Waals surface area contributed by atoms with Crippen LogP contribution in [0.2, 0.25) is 0 Å². The van der Waals surface area contributed by atoms with Crippen molar-refractivity contribution in [3.8, 4) is 0 Å². The zero-order valence-corrected chi connectivity index (χ0v) is 11.2. The van der Waals surface area contributed by atoms with Crippen LogP contribution in [0, 0.1) is 17.0 Å². The molecule has 0 aliphatic carbocycles. The summed E-state index contributed by atoms with van der Waals surface area (Å²) in [5.74, 6) is 1.35. The van der Waals surface area contributed by atoms with Crippen LogP contribution in [0.1, 0.15) is 24.6 Å². The first-order chi connectivity index (χ1) is 9.52. The molecule has 20 heavy (non-hydrogen) atoms. The summed E-state index contributed by atoms with van der Waals surface area (Å²) < 4.78 is 5.37. The first-order valence-corrected chi connectivity index (χ1v) is 5.89. The zero-order valence-electron chi connectivity index (χ0n) is 11.2. The minimum Gasteiger partial charge on any atom is -0.444 e. The van der Waals surface area contributed by atoms with Crippen LogP contribution in [0.5, 0.6) is 0 Å². The van der Waals surface area contributed by atoms with Crippen molar-refractivity contribution < 1.29 is 9.34 Å². The largest absolute Gasteiger partial charge is 0.444 e. The monoisotopic (exact) mass is 278 g/mol. The molecule has 0 bridgehead atoms. The summed E-state index contributed by atoms with van der Waals surface area (Å²) in [5, 5.41) is 16.7. The van der Waals surface area contributed by atoms with Crippen molar-refractivity contribution in [2.75, 3.05) is 17.7 Å². The van der Waals surface area contributed by atoms with Gasteiger partial charge in [0.15, 0.2) is 0 Å². The number of oxazole rings is 1. The van der Waals surface area contributed by atoms with Crippen molar-refractivity contribution in [2.45, 2.75) is 19.9 Å². The lowest BCUT2D eigenvalue weighted by Gasteiger charge is -2.12. The fourth-order valence-corrected chi connectivity index (χ4v) is 1.68. The summed E-state index contributed by atoms with van der Waals surface area (Å²) in [6, 6.07) is -0.359. The van der Waals surface area contributed by atoms with Gasteiger partial charge in [-0.3, -0.25) is 10.1 Å².